The summed E-state index contributed by atoms with van der Waals surface area (Å²) in [5, 5.41) is 47.0. The number of ketones is 2. The average molecular weight is 741 g/mol. The minimum absolute atomic E-state index is 0.0103. The normalized spacial score (nSPS) is 13.0. The van der Waals surface area contributed by atoms with E-state index in [4.69, 9.17) is 5.11 Å². The van der Waals surface area contributed by atoms with Crippen LogP contribution >= 0.6 is 0 Å². The SMILES string of the molecule is C[C@H](CC(=O)[C@H](Cc1ccccc1)NC(=O)CCCCC(=O)CC[C@H](NC(=O)NCCCC(=O)O)C(=O)O)C(=O)N[C@H](Cc1ccc(O)cc1)C(=O)O. The molecule has 0 aliphatic rings. The molecule has 0 saturated carbocycles. The first-order valence-corrected chi connectivity index (χ1v) is 17.3. The first-order valence-electron chi connectivity index (χ1n) is 17.3. The number of benzene rings is 2. The van der Waals surface area contributed by atoms with Crippen molar-refractivity contribution in [3.8, 4) is 5.75 Å². The fourth-order valence-electron chi connectivity index (χ4n) is 5.23. The number of carbonyl (C=O) groups excluding carboxylic acids is 5. The Morgan fingerprint density at radius 3 is 1.87 bits per heavy atom. The lowest BCUT2D eigenvalue weighted by Gasteiger charge is -2.21. The number of aromatic hydroxyl groups is 1. The molecule has 16 nitrogen and oxygen atoms in total. The number of Topliss-reactive ketones (excluding diaryl/α,β-unsaturated/α-hetero) is 2. The van der Waals surface area contributed by atoms with Crippen LogP contribution in [0.1, 0.15) is 75.8 Å². The van der Waals surface area contributed by atoms with Crippen molar-refractivity contribution in [1.29, 1.82) is 0 Å². The first-order chi connectivity index (χ1) is 25.1. The molecule has 0 saturated heterocycles. The highest BCUT2D eigenvalue weighted by molar-refractivity contribution is 5.93. The van der Waals surface area contributed by atoms with Crippen LogP contribution in [-0.4, -0.2) is 92.4 Å². The second-order valence-corrected chi connectivity index (χ2v) is 12.7. The summed E-state index contributed by atoms with van der Waals surface area (Å²) in [4.78, 5) is 97.6. The molecule has 2 rings (SSSR count). The fourth-order valence-corrected chi connectivity index (χ4v) is 5.23. The third-order valence-corrected chi connectivity index (χ3v) is 8.23. The molecule has 2 aromatic carbocycles. The number of nitrogens with one attached hydrogen (secondary N) is 4. The van der Waals surface area contributed by atoms with Crippen LogP contribution in [0.25, 0.3) is 0 Å². The third-order valence-electron chi connectivity index (χ3n) is 8.23. The Kier molecular flexibility index (Phi) is 18.7. The largest absolute Gasteiger partial charge is 0.508 e. The lowest BCUT2D eigenvalue weighted by molar-refractivity contribution is -0.142. The van der Waals surface area contributed by atoms with E-state index in [1.165, 1.54) is 31.2 Å². The monoisotopic (exact) mass is 740 g/mol. The highest BCUT2D eigenvalue weighted by Gasteiger charge is 2.28. The van der Waals surface area contributed by atoms with Gasteiger partial charge in [-0.25, -0.2) is 14.4 Å². The molecule has 8 N–H and O–H groups in total. The molecule has 0 aliphatic carbocycles. The van der Waals surface area contributed by atoms with Gasteiger partial charge in [0.05, 0.1) is 6.04 Å². The summed E-state index contributed by atoms with van der Waals surface area (Å²) in [5.74, 6) is -6.33. The van der Waals surface area contributed by atoms with Gasteiger partial charge in [-0.3, -0.25) is 24.0 Å². The molecule has 4 amide bonds. The van der Waals surface area contributed by atoms with Gasteiger partial charge in [-0.15, -0.1) is 0 Å². The van der Waals surface area contributed by atoms with Gasteiger partial charge in [0, 0.05) is 51.0 Å². The van der Waals surface area contributed by atoms with Gasteiger partial charge in [0.2, 0.25) is 11.8 Å². The van der Waals surface area contributed by atoms with Crippen LogP contribution in [0.15, 0.2) is 54.6 Å². The van der Waals surface area contributed by atoms with Gasteiger partial charge in [-0.2, -0.15) is 0 Å². The number of unbranched alkanes of at least 4 members (excludes halogenated alkanes) is 1. The van der Waals surface area contributed by atoms with Crippen molar-refractivity contribution in [1.82, 2.24) is 21.3 Å². The molecule has 16 heteroatoms. The minimum Gasteiger partial charge on any atom is -0.508 e. The highest BCUT2D eigenvalue weighted by Crippen LogP contribution is 2.14. The summed E-state index contributed by atoms with van der Waals surface area (Å²) < 4.78 is 0. The van der Waals surface area contributed by atoms with Crippen molar-refractivity contribution >= 4 is 47.3 Å². The zero-order chi connectivity index (χ0) is 39.3. The number of carboxylic acid groups (broad SMARTS) is 3. The maximum Gasteiger partial charge on any atom is 0.326 e. The lowest BCUT2D eigenvalue weighted by Crippen LogP contribution is -2.46. The molecule has 0 radical (unpaired) electrons. The van der Waals surface area contributed by atoms with Crippen LogP contribution in [0.4, 0.5) is 4.79 Å². The molecule has 0 unspecified atom stereocenters. The van der Waals surface area contributed by atoms with Gasteiger partial charge in [0.15, 0.2) is 5.78 Å². The molecule has 0 fully saturated rings. The molecular weight excluding hydrogens is 692 g/mol. The number of amides is 4. The highest BCUT2D eigenvalue weighted by atomic mass is 16.4. The molecule has 0 aromatic heterocycles. The van der Waals surface area contributed by atoms with Crippen LogP contribution in [0, 0.1) is 5.92 Å². The molecule has 2 aromatic rings. The molecule has 0 spiro atoms. The number of aliphatic carboxylic acids is 3. The van der Waals surface area contributed by atoms with E-state index in [9.17, 15) is 53.7 Å². The van der Waals surface area contributed by atoms with Gasteiger partial charge in [0.1, 0.15) is 23.6 Å². The maximum absolute atomic E-state index is 13.4. The fraction of sp³-hybridized carbons (Fsp3) is 0.459. The molecule has 53 heavy (non-hydrogen) atoms. The second-order valence-electron chi connectivity index (χ2n) is 12.7. The number of rotatable bonds is 25. The Balaban J connectivity index is 1.86. The van der Waals surface area contributed by atoms with Gasteiger partial charge in [0.25, 0.3) is 0 Å². The topological polar surface area (TPSA) is 266 Å². The average Bonchev–Trinajstić information content (AvgIpc) is 3.10. The summed E-state index contributed by atoms with van der Waals surface area (Å²) >= 11 is 0. The van der Waals surface area contributed by atoms with Crippen LogP contribution in [0.5, 0.6) is 5.75 Å². The van der Waals surface area contributed by atoms with Crippen LogP contribution in [0.2, 0.25) is 0 Å². The van der Waals surface area contributed by atoms with Gasteiger partial charge >= 0.3 is 23.9 Å². The van der Waals surface area contributed by atoms with Gasteiger partial charge in [-0.1, -0.05) is 49.4 Å². The Labute approximate surface area is 306 Å². The summed E-state index contributed by atoms with van der Waals surface area (Å²) in [6, 6.07) is 10.4. The van der Waals surface area contributed by atoms with E-state index in [0.29, 0.717) is 18.4 Å². The maximum atomic E-state index is 13.4. The Hall–Kier alpha value is -5.80. The standard InChI is InChI=1S/C37H48N4O12/c1-23(34(48)40-30(36(51)52)22-25-13-15-27(43)16-14-25)20-31(44)29(21-24-8-3-2-4-9-24)39-32(45)11-6-5-10-26(42)17-18-28(35(49)50)41-37(53)38-19-7-12-33(46)47/h2-4,8-9,13-16,23,28-30,43H,5-7,10-12,17-22H2,1H3,(H,39,45)(H,40,48)(H,46,47)(H,49,50)(H,51,52)(H2,38,41,53)/t23-,28+,29+,30-/m1/s1. The number of urea groups is 1. The number of carboxylic acids is 3. The van der Waals surface area contributed by atoms with Gasteiger partial charge < -0.3 is 41.7 Å². The number of phenols is 1. The van der Waals surface area contributed by atoms with Crippen molar-refractivity contribution in [2.45, 2.75) is 95.7 Å². The van der Waals surface area contributed by atoms with Crippen LogP contribution < -0.4 is 21.3 Å². The number of carbonyl (C=O) groups is 8. The number of hydrogen-bond donors (Lipinski definition) is 8. The van der Waals surface area contributed by atoms with Crippen LogP contribution in [-0.2, 0) is 46.4 Å². The zero-order valence-electron chi connectivity index (χ0n) is 29.5. The second kappa shape index (κ2) is 22.9. The van der Waals surface area contributed by atoms with E-state index in [1.54, 1.807) is 30.3 Å². The van der Waals surface area contributed by atoms with E-state index in [1.807, 2.05) is 0 Å². The van der Waals surface area contributed by atoms with E-state index >= 15 is 0 Å². The summed E-state index contributed by atoms with van der Waals surface area (Å²) in [6.07, 6.45) is 0.192. The van der Waals surface area contributed by atoms with E-state index in [2.05, 4.69) is 21.3 Å². The van der Waals surface area contributed by atoms with Crippen molar-refractivity contribution in [2.24, 2.45) is 5.92 Å². The Morgan fingerprint density at radius 2 is 1.25 bits per heavy atom. The zero-order valence-corrected chi connectivity index (χ0v) is 29.5. The van der Waals surface area contributed by atoms with E-state index in [-0.39, 0.29) is 75.9 Å². The van der Waals surface area contributed by atoms with Crippen molar-refractivity contribution < 1.29 is 58.8 Å². The molecule has 0 heterocycles. The smallest absolute Gasteiger partial charge is 0.326 e. The van der Waals surface area contributed by atoms with Crippen molar-refractivity contribution in [2.75, 3.05) is 6.54 Å². The van der Waals surface area contributed by atoms with E-state index in [0.717, 1.165) is 5.56 Å². The predicted molar refractivity (Wildman–Crippen MR) is 190 cm³/mol. The summed E-state index contributed by atoms with van der Waals surface area (Å²) in [6.45, 7) is 1.52. The molecule has 0 bridgehead atoms. The van der Waals surface area contributed by atoms with Gasteiger partial charge in [-0.05, 0) is 55.4 Å². The third kappa shape index (κ3) is 17.8. The van der Waals surface area contributed by atoms with E-state index < -0.39 is 65.6 Å². The predicted octanol–water partition coefficient (Wildman–Crippen LogP) is 2.35. The summed E-state index contributed by atoms with van der Waals surface area (Å²) in [5.41, 5.74) is 1.34. The lowest BCUT2D eigenvalue weighted by atomic mass is 9.94. The number of hydrogen-bond acceptors (Lipinski definition) is 9. The molecule has 4 atom stereocenters. The minimum atomic E-state index is -1.33. The first kappa shape index (κ1) is 43.4. The number of phenolic OH excluding ortho intramolecular Hbond substituents is 1. The Bertz CT molecular complexity index is 1570. The van der Waals surface area contributed by atoms with Crippen LogP contribution in [0.3, 0.4) is 0 Å². The van der Waals surface area contributed by atoms with Crippen molar-refractivity contribution in [3.05, 3.63) is 65.7 Å². The molecule has 0 aliphatic heterocycles. The Morgan fingerprint density at radius 1 is 0.642 bits per heavy atom. The van der Waals surface area contributed by atoms with Crippen molar-refractivity contribution in [3.63, 3.8) is 0 Å². The molecular formula is C37H48N4O12. The molecule has 288 valence electrons. The summed E-state index contributed by atoms with van der Waals surface area (Å²) in [7, 11) is 0. The quantitative estimate of drug-likeness (QED) is 0.0682.